The molecule has 0 rings (SSSR count). The molecule has 0 bridgehead atoms. The van der Waals surface area contributed by atoms with Crippen molar-refractivity contribution in [3.8, 4) is 11.8 Å². The second-order valence-corrected chi connectivity index (χ2v) is 2.11. The summed E-state index contributed by atoms with van der Waals surface area (Å²) < 4.78 is 0. The quantitative estimate of drug-likeness (QED) is 0.446. The molecule has 0 heterocycles. The Hall–Kier alpha value is -1.01. The Balaban J connectivity index is 4.04. The molecule has 50 valence electrons. The second-order valence-electron chi connectivity index (χ2n) is 2.11. The third kappa shape index (κ3) is 6.99. The van der Waals surface area contributed by atoms with Crippen molar-refractivity contribution in [1.29, 1.82) is 0 Å². The zero-order valence-electron chi connectivity index (χ0n) is 5.30. The molecule has 9 heavy (non-hydrogen) atoms. The van der Waals surface area contributed by atoms with Crippen molar-refractivity contribution in [1.82, 2.24) is 0 Å². The van der Waals surface area contributed by atoms with E-state index in [4.69, 9.17) is 10.2 Å². The van der Waals surface area contributed by atoms with Gasteiger partial charge in [0.25, 0.3) is 0 Å². The number of carboxylic acid groups (broad SMARTS) is 1. The number of aliphatic carboxylic acids is 1. The predicted molar refractivity (Wildman–Crippen MR) is 31.7 cm³/mol. The number of aliphatic hydroxyl groups is 1. The third-order valence-electron chi connectivity index (χ3n) is 0.475. The number of rotatable bonds is 0. The van der Waals surface area contributed by atoms with Gasteiger partial charge < -0.3 is 10.2 Å². The summed E-state index contributed by atoms with van der Waals surface area (Å²) in [5.41, 5.74) is -1.21. The smallest absolute Gasteiger partial charge is 0.382 e. The van der Waals surface area contributed by atoms with Crippen molar-refractivity contribution in [3.63, 3.8) is 0 Å². The van der Waals surface area contributed by atoms with Crippen molar-refractivity contribution in [2.24, 2.45) is 0 Å². The molecule has 0 saturated heterocycles. The maximum Gasteiger partial charge on any atom is 0.382 e. The van der Waals surface area contributed by atoms with E-state index < -0.39 is 11.6 Å². The fourth-order valence-corrected chi connectivity index (χ4v) is 0.206. The first-order valence-electron chi connectivity index (χ1n) is 2.40. The Morgan fingerprint density at radius 3 is 2.11 bits per heavy atom. The van der Waals surface area contributed by atoms with Crippen LogP contribution in [-0.4, -0.2) is 21.8 Å². The molecule has 0 unspecified atom stereocenters. The van der Waals surface area contributed by atoms with Crippen LogP contribution in [0.4, 0.5) is 0 Å². The van der Waals surface area contributed by atoms with Crippen LogP contribution in [0.15, 0.2) is 0 Å². The Bertz CT molecular complexity index is 165. The first-order valence-corrected chi connectivity index (χ1v) is 2.40. The SMILES string of the molecule is CC(C)(O)C#CC(=O)O. The van der Waals surface area contributed by atoms with E-state index in [0.29, 0.717) is 0 Å². The van der Waals surface area contributed by atoms with Crippen LogP contribution in [0, 0.1) is 11.8 Å². The molecule has 0 aliphatic heterocycles. The van der Waals surface area contributed by atoms with Gasteiger partial charge in [-0.15, -0.1) is 0 Å². The summed E-state index contributed by atoms with van der Waals surface area (Å²) in [4.78, 5) is 9.76. The van der Waals surface area contributed by atoms with Gasteiger partial charge in [-0.05, 0) is 13.8 Å². The minimum Gasteiger partial charge on any atom is -0.472 e. The molecule has 0 aliphatic rings. The lowest BCUT2D eigenvalue weighted by atomic mass is 10.1. The van der Waals surface area contributed by atoms with Crippen LogP contribution in [-0.2, 0) is 4.79 Å². The molecule has 0 aliphatic carbocycles. The highest BCUT2D eigenvalue weighted by Crippen LogP contribution is 1.95. The molecule has 3 nitrogen and oxygen atoms in total. The van der Waals surface area contributed by atoms with Gasteiger partial charge in [-0.25, -0.2) is 4.79 Å². The predicted octanol–water partition coefficient (Wildman–Crippen LogP) is -0.155. The van der Waals surface area contributed by atoms with Gasteiger partial charge in [0.1, 0.15) is 5.60 Å². The molecule has 2 N–H and O–H groups in total. The lowest BCUT2D eigenvalue weighted by molar-refractivity contribution is -0.130. The Labute approximate surface area is 53.3 Å². The summed E-state index contributed by atoms with van der Waals surface area (Å²) in [6.07, 6.45) is 0. The van der Waals surface area contributed by atoms with Crippen molar-refractivity contribution in [2.45, 2.75) is 19.4 Å². The summed E-state index contributed by atoms with van der Waals surface area (Å²) >= 11 is 0. The van der Waals surface area contributed by atoms with Crippen molar-refractivity contribution < 1.29 is 15.0 Å². The van der Waals surface area contributed by atoms with Crippen LogP contribution < -0.4 is 0 Å². The molecule has 0 aromatic carbocycles. The molecule has 0 radical (unpaired) electrons. The van der Waals surface area contributed by atoms with Gasteiger partial charge in [0.05, 0.1) is 0 Å². The van der Waals surface area contributed by atoms with Crippen molar-refractivity contribution in [2.75, 3.05) is 0 Å². The molecular formula is C6H8O3. The standard InChI is InChI=1S/C6H8O3/c1-6(2,9)4-3-5(7)8/h9H,1-2H3,(H,7,8). The fourth-order valence-electron chi connectivity index (χ4n) is 0.206. The maximum atomic E-state index is 9.76. The summed E-state index contributed by atoms with van der Waals surface area (Å²) in [5.74, 6) is 2.70. The normalized spacial score (nSPS) is 9.67. The van der Waals surface area contributed by atoms with Crippen LogP contribution >= 0.6 is 0 Å². The van der Waals surface area contributed by atoms with E-state index in [9.17, 15) is 4.79 Å². The molecule has 0 aromatic rings. The molecule has 0 saturated carbocycles. The highest BCUT2D eigenvalue weighted by atomic mass is 16.4. The zero-order valence-corrected chi connectivity index (χ0v) is 5.30. The summed E-state index contributed by atoms with van der Waals surface area (Å²) in [7, 11) is 0. The van der Waals surface area contributed by atoms with Crippen LogP contribution in [0.1, 0.15) is 13.8 Å². The van der Waals surface area contributed by atoms with Crippen molar-refractivity contribution >= 4 is 5.97 Å². The first kappa shape index (κ1) is 7.99. The molecule has 3 heteroatoms. The average molecular weight is 128 g/mol. The van der Waals surface area contributed by atoms with Crippen molar-refractivity contribution in [3.05, 3.63) is 0 Å². The van der Waals surface area contributed by atoms with E-state index in [1.54, 1.807) is 5.92 Å². The molecule has 0 amide bonds. The van der Waals surface area contributed by atoms with Crippen LogP contribution in [0.3, 0.4) is 0 Å². The zero-order chi connectivity index (χ0) is 7.49. The lowest BCUT2D eigenvalue weighted by Crippen LogP contribution is -2.15. The van der Waals surface area contributed by atoms with Gasteiger partial charge in [-0.1, -0.05) is 5.92 Å². The van der Waals surface area contributed by atoms with Crippen LogP contribution in [0.25, 0.3) is 0 Å². The van der Waals surface area contributed by atoms with Gasteiger partial charge >= 0.3 is 5.97 Å². The molecule has 0 fully saturated rings. The molecule has 0 atom stereocenters. The van der Waals surface area contributed by atoms with E-state index in [2.05, 4.69) is 5.92 Å². The monoisotopic (exact) mass is 128 g/mol. The largest absolute Gasteiger partial charge is 0.472 e. The summed E-state index contributed by atoms with van der Waals surface area (Å²) in [6.45, 7) is 2.84. The molecular weight excluding hydrogens is 120 g/mol. The molecule has 0 spiro atoms. The average Bonchev–Trinajstić information content (AvgIpc) is 1.59. The van der Waals surface area contributed by atoms with Gasteiger partial charge in [0.2, 0.25) is 0 Å². The van der Waals surface area contributed by atoms with E-state index in [1.807, 2.05) is 0 Å². The van der Waals surface area contributed by atoms with E-state index >= 15 is 0 Å². The summed E-state index contributed by atoms with van der Waals surface area (Å²) in [5, 5.41) is 16.8. The van der Waals surface area contributed by atoms with Gasteiger partial charge in [-0.2, -0.15) is 0 Å². The highest BCUT2D eigenvalue weighted by molar-refractivity contribution is 5.86. The van der Waals surface area contributed by atoms with Gasteiger partial charge in [0.15, 0.2) is 0 Å². The third-order valence-corrected chi connectivity index (χ3v) is 0.475. The Kier molecular flexibility index (Phi) is 2.23. The van der Waals surface area contributed by atoms with E-state index in [1.165, 1.54) is 13.8 Å². The summed E-state index contributed by atoms with van der Waals surface area (Å²) in [6, 6.07) is 0. The van der Waals surface area contributed by atoms with Crippen LogP contribution in [0.2, 0.25) is 0 Å². The number of carbonyl (C=O) groups is 1. The van der Waals surface area contributed by atoms with Gasteiger partial charge in [0, 0.05) is 5.92 Å². The Morgan fingerprint density at radius 2 is 2.00 bits per heavy atom. The van der Waals surface area contributed by atoms with E-state index in [-0.39, 0.29) is 0 Å². The highest BCUT2D eigenvalue weighted by Gasteiger charge is 2.05. The number of hydrogen-bond donors (Lipinski definition) is 2. The Morgan fingerprint density at radius 1 is 1.56 bits per heavy atom. The number of hydrogen-bond acceptors (Lipinski definition) is 2. The second kappa shape index (κ2) is 2.51. The minimum atomic E-state index is -1.22. The number of carboxylic acids is 1. The van der Waals surface area contributed by atoms with Gasteiger partial charge in [-0.3, -0.25) is 0 Å². The first-order chi connectivity index (χ1) is 3.92. The lowest BCUT2D eigenvalue weighted by Gasteiger charge is -2.04. The fraction of sp³-hybridized carbons (Fsp3) is 0.500. The molecule has 0 aromatic heterocycles. The minimum absolute atomic E-state index is 1.21. The van der Waals surface area contributed by atoms with Crippen LogP contribution in [0.5, 0.6) is 0 Å². The topological polar surface area (TPSA) is 57.5 Å². The van der Waals surface area contributed by atoms with E-state index in [0.717, 1.165) is 0 Å². The maximum absolute atomic E-state index is 9.76.